The number of aromatic nitrogens is 2. The summed E-state index contributed by atoms with van der Waals surface area (Å²) in [6.07, 6.45) is 4.23. The van der Waals surface area contributed by atoms with Gasteiger partial charge in [0, 0.05) is 12.2 Å². The molecular weight excluding hydrogens is 136 g/mol. The summed E-state index contributed by atoms with van der Waals surface area (Å²) in [5.74, 6) is 0. The van der Waals surface area contributed by atoms with Crippen LogP contribution in [0.25, 0.3) is 0 Å². The molecule has 0 bridgehead atoms. The van der Waals surface area contributed by atoms with E-state index in [0.717, 1.165) is 19.4 Å². The van der Waals surface area contributed by atoms with Crippen LogP contribution in [-0.2, 0) is 13.0 Å². The second-order valence-electron chi connectivity index (χ2n) is 2.83. The smallest absolute Gasteiger partial charge is 0.0524 e. The van der Waals surface area contributed by atoms with Crippen molar-refractivity contribution in [1.82, 2.24) is 9.78 Å². The average Bonchev–Trinajstić information content (AvgIpc) is 2.34. The largest absolute Gasteiger partial charge is 0.270 e. The standard InChI is InChI=1S/C9H16N2/c1-4-6-11-8(3)9(5-2)7-10-11/h7H,4-6H2,1-3H3. The lowest BCUT2D eigenvalue weighted by Crippen LogP contribution is -2.01. The predicted molar refractivity (Wildman–Crippen MR) is 46.6 cm³/mol. The van der Waals surface area contributed by atoms with E-state index in [1.165, 1.54) is 11.3 Å². The van der Waals surface area contributed by atoms with E-state index in [1.807, 2.05) is 6.20 Å². The Kier molecular flexibility index (Phi) is 2.69. The molecule has 1 heterocycles. The quantitative estimate of drug-likeness (QED) is 0.649. The van der Waals surface area contributed by atoms with E-state index in [4.69, 9.17) is 0 Å². The molecule has 11 heavy (non-hydrogen) atoms. The Bertz CT molecular complexity index is 225. The Labute approximate surface area is 68.2 Å². The minimum atomic E-state index is 1.05. The second kappa shape index (κ2) is 3.56. The molecule has 0 spiro atoms. The Morgan fingerprint density at radius 3 is 2.64 bits per heavy atom. The van der Waals surface area contributed by atoms with Crippen molar-refractivity contribution in [2.75, 3.05) is 0 Å². The van der Waals surface area contributed by atoms with Crippen LogP contribution in [0.1, 0.15) is 31.5 Å². The van der Waals surface area contributed by atoms with Crippen molar-refractivity contribution in [2.24, 2.45) is 0 Å². The number of nitrogens with zero attached hydrogens (tertiary/aromatic N) is 2. The molecule has 0 aliphatic rings. The zero-order chi connectivity index (χ0) is 8.27. The van der Waals surface area contributed by atoms with Crippen molar-refractivity contribution in [3.8, 4) is 0 Å². The normalized spacial score (nSPS) is 10.5. The van der Waals surface area contributed by atoms with Gasteiger partial charge in [-0.3, -0.25) is 4.68 Å². The Morgan fingerprint density at radius 1 is 1.45 bits per heavy atom. The van der Waals surface area contributed by atoms with Gasteiger partial charge < -0.3 is 0 Å². The summed E-state index contributed by atoms with van der Waals surface area (Å²) in [5.41, 5.74) is 2.70. The van der Waals surface area contributed by atoms with E-state index < -0.39 is 0 Å². The van der Waals surface area contributed by atoms with Crippen molar-refractivity contribution >= 4 is 0 Å². The molecule has 0 aliphatic heterocycles. The highest BCUT2D eigenvalue weighted by Crippen LogP contribution is 2.07. The summed E-state index contributed by atoms with van der Waals surface area (Å²) in [4.78, 5) is 0. The van der Waals surface area contributed by atoms with E-state index in [9.17, 15) is 0 Å². The maximum absolute atomic E-state index is 4.29. The Morgan fingerprint density at radius 2 is 2.18 bits per heavy atom. The average molecular weight is 152 g/mol. The summed E-state index contributed by atoms with van der Waals surface area (Å²) in [6.45, 7) is 7.53. The third-order valence-corrected chi connectivity index (χ3v) is 2.02. The minimum Gasteiger partial charge on any atom is -0.270 e. The van der Waals surface area contributed by atoms with Crippen molar-refractivity contribution in [3.05, 3.63) is 17.5 Å². The van der Waals surface area contributed by atoms with Crippen molar-refractivity contribution in [1.29, 1.82) is 0 Å². The molecule has 62 valence electrons. The molecule has 0 radical (unpaired) electrons. The Hall–Kier alpha value is -0.790. The SMILES string of the molecule is CCCn1ncc(CC)c1C. The molecule has 2 heteroatoms. The lowest BCUT2D eigenvalue weighted by Gasteiger charge is -2.01. The summed E-state index contributed by atoms with van der Waals surface area (Å²) >= 11 is 0. The lowest BCUT2D eigenvalue weighted by molar-refractivity contribution is 0.586. The molecule has 0 saturated carbocycles. The molecule has 0 saturated heterocycles. The zero-order valence-corrected chi connectivity index (χ0v) is 7.59. The summed E-state index contributed by atoms with van der Waals surface area (Å²) in [7, 11) is 0. The fourth-order valence-electron chi connectivity index (χ4n) is 1.27. The molecule has 0 aliphatic carbocycles. The number of hydrogen-bond acceptors (Lipinski definition) is 1. The molecule has 0 unspecified atom stereocenters. The van der Waals surface area contributed by atoms with Gasteiger partial charge in [0.1, 0.15) is 0 Å². The van der Waals surface area contributed by atoms with E-state index >= 15 is 0 Å². The van der Waals surface area contributed by atoms with Gasteiger partial charge in [0.15, 0.2) is 0 Å². The third kappa shape index (κ3) is 1.62. The fourth-order valence-corrected chi connectivity index (χ4v) is 1.27. The summed E-state index contributed by atoms with van der Waals surface area (Å²) < 4.78 is 2.08. The van der Waals surface area contributed by atoms with E-state index in [0.29, 0.717) is 0 Å². The van der Waals surface area contributed by atoms with Gasteiger partial charge in [-0.05, 0) is 25.3 Å². The monoisotopic (exact) mass is 152 g/mol. The van der Waals surface area contributed by atoms with Gasteiger partial charge >= 0.3 is 0 Å². The molecule has 0 atom stereocenters. The minimum absolute atomic E-state index is 1.05. The lowest BCUT2D eigenvalue weighted by atomic mass is 10.2. The fraction of sp³-hybridized carbons (Fsp3) is 0.667. The molecule has 1 rings (SSSR count). The molecule has 2 nitrogen and oxygen atoms in total. The van der Waals surface area contributed by atoms with E-state index in [-0.39, 0.29) is 0 Å². The number of rotatable bonds is 3. The van der Waals surface area contributed by atoms with Crippen LogP contribution in [0.4, 0.5) is 0 Å². The molecule has 0 amide bonds. The molecule has 0 N–H and O–H groups in total. The number of hydrogen-bond donors (Lipinski definition) is 0. The van der Waals surface area contributed by atoms with Crippen LogP contribution in [0.15, 0.2) is 6.20 Å². The first-order chi connectivity index (χ1) is 5.29. The maximum Gasteiger partial charge on any atom is 0.0524 e. The first-order valence-corrected chi connectivity index (χ1v) is 4.30. The van der Waals surface area contributed by atoms with Gasteiger partial charge in [0.2, 0.25) is 0 Å². The van der Waals surface area contributed by atoms with Crippen LogP contribution < -0.4 is 0 Å². The summed E-state index contributed by atoms with van der Waals surface area (Å²) in [5, 5.41) is 4.29. The first kappa shape index (κ1) is 8.31. The van der Waals surface area contributed by atoms with E-state index in [1.54, 1.807) is 0 Å². The third-order valence-electron chi connectivity index (χ3n) is 2.02. The van der Waals surface area contributed by atoms with Crippen molar-refractivity contribution in [3.63, 3.8) is 0 Å². The van der Waals surface area contributed by atoms with Gasteiger partial charge in [-0.25, -0.2) is 0 Å². The van der Waals surface area contributed by atoms with Crippen LogP contribution in [0.3, 0.4) is 0 Å². The van der Waals surface area contributed by atoms with Gasteiger partial charge in [-0.15, -0.1) is 0 Å². The molecule has 0 fully saturated rings. The highest BCUT2D eigenvalue weighted by atomic mass is 15.3. The highest BCUT2D eigenvalue weighted by Gasteiger charge is 2.01. The summed E-state index contributed by atoms with van der Waals surface area (Å²) in [6, 6.07) is 0. The van der Waals surface area contributed by atoms with Crippen LogP contribution in [-0.4, -0.2) is 9.78 Å². The van der Waals surface area contributed by atoms with Gasteiger partial charge in [-0.1, -0.05) is 13.8 Å². The molecular formula is C9H16N2. The molecule has 0 aromatic carbocycles. The van der Waals surface area contributed by atoms with Crippen LogP contribution in [0.2, 0.25) is 0 Å². The number of aryl methyl sites for hydroxylation is 2. The molecule has 1 aromatic rings. The van der Waals surface area contributed by atoms with Gasteiger partial charge in [0.25, 0.3) is 0 Å². The highest BCUT2D eigenvalue weighted by molar-refractivity contribution is 5.15. The van der Waals surface area contributed by atoms with Gasteiger partial charge in [0.05, 0.1) is 6.20 Å². The van der Waals surface area contributed by atoms with Gasteiger partial charge in [-0.2, -0.15) is 5.10 Å². The van der Waals surface area contributed by atoms with E-state index in [2.05, 4.69) is 30.6 Å². The van der Waals surface area contributed by atoms with Crippen LogP contribution >= 0.6 is 0 Å². The van der Waals surface area contributed by atoms with Crippen LogP contribution in [0.5, 0.6) is 0 Å². The van der Waals surface area contributed by atoms with Crippen molar-refractivity contribution in [2.45, 2.75) is 40.2 Å². The predicted octanol–water partition coefficient (Wildman–Crippen LogP) is 2.16. The zero-order valence-electron chi connectivity index (χ0n) is 7.59. The van der Waals surface area contributed by atoms with Crippen LogP contribution in [0, 0.1) is 6.92 Å². The molecule has 1 aromatic heterocycles. The first-order valence-electron chi connectivity index (χ1n) is 4.30. The maximum atomic E-state index is 4.29. The topological polar surface area (TPSA) is 17.8 Å². The van der Waals surface area contributed by atoms with Crippen molar-refractivity contribution < 1.29 is 0 Å². The Balaban J connectivity index is 2.82. The second-order valence-corrected chi connectivity index (χ2v) is 2.83.